The highest BCUT2D eigenvalue weighted by atomic mass is 32.2. The molecule has 24 heavy (non-hydrogen) atoms. The number of aromatic nitrogens is 1. The Labute approximate surface area is 140 Å². The van der Waals surface area contributed by atoms with Crippen LogP contribution < -0.4 is 10.0 Å². The van der Waals surface area contributed by atoms with Crippen LogP contribution in [0.4, 0.5) is 4.39 Å². The molecule has 0 unspecified atom stereocenters. The Kier molecular flexibility index (Phi) is 5.99. The molecule has 0 spiro atoms. The number of hydrogen-bond acceptors (Lipinski definition) is 4. The number of nitrogens with zero attached hydrogens (tertiary/aromatic N) is 1. The maximum atomic E-state index is 12.8. The van der Waals surface area contributed by atoms with Gasteiger partial charge < -0.3 is 5.32 Å². The fraction of sp³-hybridized carbons (Fsp3) is 0.250. The summed E-state index contributed by atoms with van der Waals surface area (Å²) in [4.78, 5) is 15.9. The van der Waals surface area contributed by atoms with E-state index in [1.54, 1.807) is 6.20 Å². The number of rotatable bonds is 7. The summed E-state index contributed by atoms with van der Waals surface area (Å²) in [7, 11) is -3.76. The molecule has 1 aromatic carbocycles. The van der Waals surface area contributed by atoms with E-state index >= 15 is 0 Å². The van der Waals surface area contributed by atoms with Crippen LogP contribution in [-0.4, -0.2) is 25.9 Å². The summed E-state index contributed by atoms with van der Waals surface area (Å²) in [5.74, 6) is -0.806. The third kappa shape index (κ3) is 5.10. The van der Waals surface area contributed by atoms with Gasteiger partial charge >= 0.3 is 0 Å². The maximum absolute atomic E-state index is 12.8. The van der Waals surface area contributed by atoms with E-state index in [1.165, 1.54) is 12.1 Å². The highest BCUT2D eigenvalue weighted by Gasteiger charge is 2.14. The predicted molar refractivity (Wildman–Crippen MR) is 87.0 cm³/mol. The number of nitrogens with one attached hydrogen (secondary N) is 2. The lowest BCUT2D eigenvalue weighted by atomic mass is 10.2. The molecule has 0 radical (unpaired) electrons. The van der Waals surface area contributed by atoms with Crippen LogP contribution >= 0.6 is 0 Å². The summed E-state index contributed by atoms with van der Waals surface area (Å²) in [5, 5.41) is 2.69. The molecular weight excluding hydrogens is 333 g/mol. The van der Waals surface area contributed by atoms with Crippen LogP contribution in [0, 0.1) is 12.7 Å². The Balaban J connectivity index is 1.80. The van der Waals surface area contributed by atoms with Crippen LogP contribution in [0.15, 0.2) is 47.5 Å². The van der Waals surface area contributed by atoms with Crippen molar-refractivity contribution in [3.05, 3.63) is 59.7 Å². The number of aryl methyl sites for hydroxylation is 1. The minimum atomic E-state index is -3.76. The van der Waals surface area contributed by atoms with Gasteiger partial charge in [-0.1, -0.05) is 6.07 Å². The lowest BCUT2D eigenvalue weighted by molar-refractivity contribution is -0.121. The van der Waals surface area contributed by atoms with Crippen LogP contribution in [-0.2, 0) is 21.4 Å². The van der Waals surface area contributed by atoms with Crippen molar-refractivity contribution in [1.29, 1.82) is 0 Å². The van der Waals surface area contributed by atoms with Crippen molar-refractivity contribution in [1.82, 2.24) is 15.0 Å². The van der Waals surface area contributed by atoms with Crippen LogP contribution in [0.25, 0.3) is 0 Å². The van der Waals surface area contributed by atoms with Gasteiger partial charge in [0, 0.05) is 19.2 Å². The molecular formula is C16H18FN3O3S. The molecule has 0 aliphatic rings. The molecule has 0 saturated carbocycles. The summed E-state index contributed by atoms with van der Waals surface area (Å²) in [5.41, 5.74) is 1.73. The molecule has 0 fully saturated rings. The average Bonchev–Trinajstić information content (AvgIpc) is 2.54. The standard InChI is InChI=1S/C16H18FN3O3S/c1-12-3-2-9-18-15(12)11-19-16(21)8-10-20-24(22,23)14-6-4-13(17)5-7-14/h2-7,9,20H,8,10-11H2,1H3,(H,19,21). The minimum Gasteiger partial charge on any atom is -0.350 e. The van der Waals surface area contributed by atoms with Gasteiger partial charge in [-0.05, 0) is 42.8 Å². The number of sulfonamides is 1. The number of hydrogen-bond donors (Lipinski definition) is 2. The van der Waals surface area contributed by atoms with Gasteiger partial charge in [0.1, 0.15) is 5.82 Å². The third-order valence-corrected chi connectivity index (χ3v) is 4.82. The van der Waals surface area contributed by atoms with E-state index in [4.69, 9.17) is 0 Å². The van der Waals surface area contributed by atoms with Crippen molar-refractivity contribution in [3.63, 3.8) is 0 Å². The lowest BCUT2D eigenvalue weighted by Crippen LogP contribution is -2.30. The first-order valence-electron chi connectivity index (χ1n) is 7.31. The van der Waals surface area contributed by atoms with E-state index in [-0.39, 0.29) is 30.3 Å². The second-order valence-electron chi connectivity index (χ2n) is 5.15. The first-order valence-corrected chi connectivity index (χ1v) is 8.79. The molecule has 2 N–H and O–H groups in total. The van der Waals surface area contributed by atoms with Crippen LogP contribution in [0.5, 0.6) is 0 Å². The quantitative estimate of drug-likeness (QED) is 0.791. The second-order valence-corrected chi connectivity index (χ2v) is 6.91. The van der Waals surface area contributed by atoms with Crippen LogP contribution in [0.1, 0.15) is 17.7 Å². The predicted octanol–water partition coefficient (Wildman–Crippen LogP) is 1.51. The van der Waals surface area contributed by atoms with Crippen molar-refractivity contribution in [2.24, 2.45) is 0 Å². The Morgan fingerprint density at radius 2 is 1.92 bits per heavy atom. The van der Waals surface area contributed by atoms with E-state index in [2.05, 4.69) is 15.0 Å². The Morgan fingerprint density at radius 3 is 2.58 bits per heavy atom. The number of halogens is 1. The number of carbonyl (C=O) groups excluding carboxylic acids is 1. The van der Waals surface area contributed by atoms with Gasteiger partial charge in [0.2, 0.25) is 15.9 Å². The van der Waals surface area contributed by atoms with Crippen molar-refractivity contribution < 1.29 is 17.6 Å². The van der Waals surface area contributed by atoms with Gasteiger partial charge in [-0.3, -0.25) is 9.78 Å². The average molecular weight is 351 g/mol. The number of carbonyl (C=O) groups is 1. The van der Waals surface area contributed by atoms with E-state index in [9.17, 15) is 17.6 Å². The van der Waals surface area contributed by atoms with E-state index < -0.39 is 15.8 Å². The summed E-state index contributed by atoms with van der Waals surface area (Å²) in [6.07, 6.45) is 1.64. The Morgan fingerprint density at radius 1 is 1.21 bits per heavy atom. The zero-order valence-electron chi connectivity index (χ0n) is 13.1. The monoisotopic (exact) mass is 351 g/mol. The normalized spacial score (nSPS) is 11.2. The highest BCUT2D eigenvalue weighted by molar-refractivity contribution is 7.89. The molecule has 0 aliphatic heterocycles. The highest BCUT2D eigenvalue weighted by Crippen LogP contribution is 2.09. The molecule has 8 heteroatoms. The zero-order chi connectivity index (χ0) is 17.6. The SMILES string of the molecule is Cc1cccnc1CNC(=O)CCNS(=O)(=O)c1ccc(F)cc1. The fourth-order valence-electron chi connectivity index (χ4n) is 1.97. The van der Waals surface area contributed by atoms with Gasteiger partial charge in [0.15, 0.2) is 0 Å². The first-order chi connectivity index (χ1) is 11.4. The second kappa shape index (κ2) is 7.98. The number of pyridine rings is 1. The molecule has 2 aromatic rings. The van der Waals surface area contributed by atoms with E-state index in [1.807, 2.05) is 19.1 Å². The smallest absolute Gasteiger partial charge is 0.240 e. The van der Waals surface area contributed by atoms with E-state index in [0.29, 0.717) is 0 Å². The molecule has 0 atom stereocenters. The molecule has 2 rings (SSSR count). The van der Waals surface area contributed by atoms with Crippen molar-refractivity contribution in [2.45, 2.75) is 24.8 Å². The first kappa shape index (κ1) is 18.0. The summed E-state index contributed by atoms with van der Waals surface area (Å²) in [6.45, 7) is 2.13. The molecule has 0 saturated heterocycles. The van der Waals surface area contributed by atoms with Crippen molar-refractivity contribution in [2.75, 3.05) is 6.54 Å². The van der Waals surface area contributed by atoms with Crippen LogP contribution in [0.3, 0.4) is 0 Å². The molecule has 6 nitrogen and oxygen atoms in total. The number of benzene rings is 1. The minimum absolute atomic E-state index is 0.00763. The summed E-state index contributed by atoms with van der Waals surface area (Å²) >= 11 is 0. The van der Waals surface area contributed by atoms with Gasteiger partial charge in [-0.2, -0.15) is 0 Å². The third-order valence-electron chi connectivity index (χ3n) is 3.34. The molecule has 1 amide bonds. The van der Waals surface area contributed by atoms with Gasteiger partial charge in [-0.15, -0.1) is 0 Å². The van der Waals surface area contributed by atoms with Gasteiger partial charge in [0.05, 0.1) is 17.1 Å². The van der Waals surface area contributed by atoms with Crippen LogP contribution in [0.2, 0.25) is 0 Å². The fourth-order valence-corrected chi connectivity index (χ4v) is 3.00. The van der Waals surface area contributed by atoms with Gasteiger partial charge in [-0.25, -0.2) is 17.5 Å². The van der Waals surface area contributed by atoms with Crippen molar-refractivity contribution >= 4 is 15.9 Å². The maximum Gasteiger partial charge on any atom is 0.240 e. The lowest BCUT2D eigenvalue weighted by Gasteiger charge is -2.08. The molecule has 0 bridgehead atoms. The van der Waals surface area contributed by atoms with Gasteiger partial charge in [0.25, 0.3) is 0 Å². The molecule has 1 heterocycles. The molecule has 0 aliphatic carbocycles. The Bertz CT molecular complexity index is 808. The van der Waals surface area contributed by atoms with E-state index in [0.717, 1.165) is 23.4 Å². The largest absolute Gasteiger partial charge is 0.350 e. The number of amides is 1. The molecule has 1 aromatic heterocycles. The zero-order valence-corrected chi connectivity index (χ0v) is 13.9. The topological polar surface area (TPSA) is 88.2 Å². The Hall–Kier alpha value is -2.32. The molecule has 128 valence electrons. The summed E-state index contributed by atoms with van der Waals surface area (Å²) in [6, 6.07) is 8.17. The van der Waals surface area contributed by atoms with Crippen molar-refractivity contribution in [3.8, 4) is 0 Å². The summed E-state index contributed by atoms with van der Waals surface area (Å²) < 4.78 is 39.1.